The summed E-state index contributed by atoms with van der Waals surface area (Å²) in [5, 5.41) is 7.30. The molecule has 0 spiro atoms. The van der Waals surface area contributed by atoms with Gasteiger partial charge in [-0.3, -0.25) is 0 Å². The number of hydrogen-bond acceptors (Lipinski definition) is 2. The van der Waals surface area contributed by atoms with E-state index in [1.165, 1.54) is 12.0 Å². The number of hydrogen-bond donors (Lipinski definition) is 2. The Balaban J connectivity index is 1.86. The van der Waals surface area contributed by atoms with Gasteiger partial charge < -0.3 is 10.6 Å². The van der Waals surface area contributed by atoms with Crippen molar-refractivity contribution in [2.75, 3.05) is 13.1 Å². The lowest BCUT2D eigenvalue weighted by atomic mass is 9.93. The standard InChI is InChI=1S/C14H22N2/c1-3-14(2)11-15-13(10-16-14)9-12-7-5-4-6-8-12/h4-8,13,15-16H,3,9-11H2,1-2H3. The minimum atomic E-state index is 0.285. The quantitative estimate of drug-likeness (QED) is 0.810. The van der Waals surface area contributed by atoms with Crippen molar-refractivity contribution < 1.29 is 0 Å². The van der Waals surface area contributed by atoms with Crippen LogP contribution in [0.2, 0.25) is 0 Å². The summed E-state index contributed by atoms with van der Waals surface area (Å²) in [6.07, 6.45) is 2.30. The molecule has 0 radical (unpaired) electrons. The molecule has 0 amide bonds. The number of rotatable bonds is 3. The van der Waals surface area contributed by atoms with E-state index in [1.54, 1.807) is 0 Å². The molecule has 2 N–H and O–H groups in total. The fourth-order valence-corrected chi connectivity index (χ4v) is 2.17. The first-order valence-corrected chi connectivity index (χ1v) is 6.24. The first-order valence-electron chi connectivity index (χ1n) is 6.24. The molecule has 2 rings (SSSR count). The summed E-state index contributed by atoms with van der Waals surface area (Å²) in [6, 6.07) is 11.3. The largest absolute Gasteiger partial charge is 0.311 e. The van der Waals surface area contributed by atoms with Crippen LogP contribution >= 0.6 is 0 Å². The Morgan fingerprint density at radius 2 is 2.06 bits per heavy atom. The van der Waals surface area contributed by atoms with E-state index in [2.05, 4.69) is 54.8 Å². The Kier molecular flexibility index (Phi) is 3.62. The summed E-state index contributed by atoms with van der Waals surface area (Å²) >= 11 is 0. The van der Waals surface area contributed by atoms with Crippen LogP contribution in [0.5, 0.6) is 0 Å². The molecule has 1 saturated heterocycles. The van der Waals surface area contributed by atoms with Gasteiger partial charge in [0.05, 0.1) is 0 Å². The predicted octanol–water partition coefficient (Wildman–Crippen LogP) is 1.96. The lowest BCUT2D eigenvalue weighted by Crippen LogP contribution is -2.61. The second-order valence-electron chi connectivity index (χ2n) is 5.06. The molecule has 2 atom stereocenters. The summed E-state index contributed by atoms with van der Waals surface area (Å²) in [5.74, 6) is 0. The summed E-state index contributed by atoms with van der Waals surface area (Å²) in [4.78, 5) is 0. The van der Waals surface area contributed by atoms with E-state index in [0.29, 0.717) is 6.04 Å². The molecule has 1 aromatic carbocycles. The zero-order valence-electron chi connectivity index (χ0n) is 10.3. The van der Waals surface area contributed by atoms with Crippen LogP contribution < -0.4 is 10.6 Å². The highest BCUT2D eigenvalue weighted by atomic mass is 15.1. The zero-order valence-corrected chi connectivity index (χ0v) is 10.3. The van der Waals surface area contributed by atoms with Gasteiger partial charge in [-0.2, -0.15) is 0 Å². The van der Waals surface area contributed by atoms with Gasteiger partial charge in [0, 0.05) is 24.7 Å². The third-order valence-electron chi connectivity index (χ3n) is 3.66. The number of piperazine rings is 1. The minimum Gasteiger partial charge on any atom is -0.311 e. The number of nitrogens with one attached hydrogen (secondary N) is 2. The molecule has 88 valence electrons. The van der Waals surface area contributed by atoms with Crippen LogP contribution in [0.4, 0.5) is 0 Å². The van der Waals surface area contributed by atoms with Crippen LogP contribution in [0.25, 0.3) is 0 Å². The molecule has 0 aromatic heterocycles. The zero-order chi connectivity index (χ0) is 11.4. The van der Waals surface area contributed by atoms with Crippen LogP contribution in [0, 0.1) is 0 Å². The molecular weight excluding hydrogens is 196 g/mol. The Morgan fingerprint density at radius 3 is 2.62 bits per heavy atom. The molecule has 0 aliphatic carbocycles. The van der Waals surface area contributed by atoms with Gasteiger partial charge in [-0.15, -0.1) is 0 Å². The highest BCUT2D eigenvalue weighted by Gasteiger charge is 2.27. The van der Waals surface area contributed by atoms with Crippen molar-refractivity contribution in [2.24, 2.45) is 0 Å². The van der Waals surface area contributed by atoms with Crippen LogP contribution in [0.3, 0.4) is 0 Å². The molecular formula is C14H22N2. The fraction of sp³-hybridized carbons (Fsp3) is 0.571. The third kappa shape index (κ3) is 2.83. The molecule has 1 fully saturated rings. The van der Waals surface area contributed by atoms with E-state index >= 15 is 0 Å². The average molecular weight is 218 g/mol. The van der Waals surface area contributed by atoms with Crippen LogP contribution in [-0.4, -0.2) is 24.7 Å². The van der Waals surface area contributed by atoms with Gasteiger partial charge in [-0.25, -0.2) is 0 Å². The molecule has 1 heterocycles. The van der Waals surface area contributed by atoms with Gasteiger partial charge in [-0.05, 0) is 25.3 Å². The maximum Gasteiger partial charge on any atom is 0.0276 e. The molecule has 0 bridgehead atoms. The minimum absolute atomic E-state index is 0.285. The molecule has 1 aliphatic heterocycles. The third-order valence-corrected chi connectivity index (χ3v) is 3.66. The first kappa shape index (κ1) is 11.6. The van der Waals surface area contributed by atoms with Gasteiger partial charge in [0.2, 0.25) is 0 Å². The lowest BCUT2D eigenvalue weighted by Gasteiger charge is -2.39. The van der Waals surface area contributed by atoms with Gasteiger partial charge in [0.1, 0.15) is 0 Å². The summed E-state index contributed by atoms with van der Waals surface area (Å²) < 4.78 is 0. The molecule has 1 aliphatic rings. The fourth-order valence-electron chi connectivity index (χ4n) is 2.17. The Morgan fingerprint density at radius 1 is 1.31 bits per heavy atom. The Hall–Kier alpha value is -0.860. The molecule has 2 heteroatoms. The van der Waals surface area contributed by atoms with Crippen molar-refractivity contribution in [3.8, 4) is 0 Å². The molecule has 2 unspecified atom stereocenters. The smallest absolute Gasteiger partial charge is 0.0276 e. The summed E-state index contributed by atoms with van der Waals surface area (Å²) in [7, 11) is 0. The van der Waals surface area contributed by atoms with Gasteiger partial charge in [-0.1, -0.05) is 37.3 Å². The van der Waals surface area contributed by atoms with E-state index in [9.17, 15) is 0 Å². The molecule has 16 heavy (non-hydrogen) atoms. The topological polar surface area (TPSA) is 24.1 Å². The van der Waals surface area contributed by atoms with Gasteiger partial charge in [0.15, 0.2) is 0 Å². The maximum atomic E-state index is 3.65. The molecule has 2 nitrogen and oxygen atoms in total. The first-order chi connectivity index (χ1) is 7.72. The van der Waals surface area contributed by atoms with Crippen LogP contribution in [0.1, 0.15) is 25.8 Å². The van der Waals surface area contributed by atoms with Crippen LogP contribution in [-0.2, 0) is 6.42 Å². The Labute approximate surface area is 98.4 Å². The van der Waals surface area contributed by atoms with Crippen molar-refractivity contribution in [3.05, 3.63) is 35.9 Å². The average Bonchev–Trinajstić information content (AvgIpc) is 2.34. The second-order valence-corrected chi connectivity index (χ2v) is 5.06. The summed E-state index contributed by atoms with van der Waals surface area (Å²) in [5.41, 5.74) is 1.70. The van der Waals surface area contributed by atoms with E-state index in [1.807, 2.05) is 0 Å². The second kappa shape index (κ2) is 4.98. The van der Waals surface area contributed by atoms with Gasteiger partial charge >= 0.3 is 0 Å². The van der Waals surface area contributed by atoms with Crippen molar-refractivity contribution >= 4 is 0 Å². The monoisotopic (exact) mass is 218 g/mol. The molecule has 1 aromatic rings. The highest BCUT2D eigenvalue weighted by Crippen LogP contribution is 2.13. The number of benzene rings is 1. The van der Waals surface area contributed by atoms with Crippen molar-refractivity contribution in [1.82, 2.24) is 10.6 Å². The van der Waals surface area contributed by atoms with Crippen molar-refractivity contribution in [1.29, 1.82) is 0 Å². The predicted molar refractivity (Wildman–Crippen MR) is 68.6 cm³/mol. The lowest BCUT2D eigenvalue weighted by molar-refractivity contribution is 0.245. The normalized spacial score (nSPS) is 30.2. The van der Waals surface area contributed by atoms with Crippen LogP contribution in [0.15, 0.2) is 30.3 Å². The van der Waals surface area contributed by atoms with E-state index in [4.69, 9.17) is 0 Å². The SMILES string of the molecule is CCC1(C)CNC(Cc2ccccc2)CN1. The summed E-state index contributed by atoms with van der Waals surface area (Å²) in [6.45, 7) is 6.67. The van der Waals surface area contributed by atoms with Crippen molar-refractivity contribution in [2.45, 2.75) is 38.3 Å². The highest BCUT2D eigenvalue weighted by molar-refractivity contribution is 5.16. The molecule has 0 saturated carbocycles. The van der Waals surface area contributed by atoms with Gasteiger partial charge in [0.25, 0.3) is 0 Å². The Bertz CT molecular complexity index is 313. The van der Waals surface area contributed by atoms with E-state index in [-0.39, 0.29) is 5.54 Å². The van der Waals surface area contributed by atoms with Crippen molar-refractivity contribution in [3.63, 3.8) is 0 Å². The van der Waals surface area contributed by atoms with E-state index < -0.39 is 0 Å². The maximum absolute atomic E-state index is 3.65. The van der Waals surface area contributed by atoms with E-state index in [0.717, 1.165) is 19.5 Å².